The van der Waals surface area contributed by atoms with Crippen molar-refractivity contribution in [2.24, 2.45) is 0 Å². The molecule has 4 rings (SSSR count). The van der Waals surface area contributed by atoms with Crippen molar-refractivity contribution < 1.29 is 0 Å². The van der Waals surface area contributed by atoms with E-state index >= 15 is 0 Å². The van der Waals surface area contributed by atoms with E-state index in [4.69, 9.17) is 0 Å². The second-order valence-corrected chi connectivity index (χ2v) is 4.27. The Labute approximate surface area is 103 Å². The fourth-order valence-electron chi connectivity index (χ4n) is 2.30. The average molecular weight is 231 g/mol. The summed E-state index contributed by atoms with van der Waals surface area (Å²) < 4.78 is 0. The standard InChI is InChI=1S/C15H9N3/c1-2-4-13-10(3-1)7-12-14(18-13)6-5-11-8-16-9-17-15(11)12/h1-9H. The van der Waals surface area contributed by atoms with E-state index in [2.05, 4.69) is 27.1 Å². The number of nitrogens with zero attached hydrogens (tertiary/aromatic N) is 3. The van der Waals surface area contributed by atoms with E-state index in [9.17, 15) is 0 Å². The van der Waals surface area contributed by atoms with E-state index in [0.717, 1.165) is 32.7 Å². The maximum atomic E-state index is 4.67. The van der Waals surface area contributed by atoms with Crippen LogP contribution in [0.25, 0.3) is 32.7 Å². The number of fused-ring (bicyclic) bond motifs is 4. The van der Waals surface area contributed by atoms with Crippen molar-refractivity contribution in [3.63, 3.8) is 0 Å². The molecule has 2 aromatic carbocycles. The van der Waals surface area contributed by atoms with Crippen molar-refractivity contribution in [2.45, 2.75) is 0 Å². The first-order valence-electron chi connectivity index (χ1n) is 5.80. The summed E-state index contributed by atoms with van der Waals surface area (Å²) in [5.74, 6) is 0. The van der Waals surface area contributed by atoms with Gasteiger partial charge in [-0.2, -0.15) is 0 Å². The molecule has 3 nitrogen and oxygen atoms in total. The molecule has 0 N–H and O–H groups in total. The lowest BCUT2D eigenvalue weighted by atomic mass is 10.1. The highest BCUT2D eigenvalue weighted by Gasteiger charge is 2.04. The molecule has 0 aliphatic rings. The van der Waals surface area contributed by atoms with Gasteiger partial charge in [-0.3, -0.25) is 0 Å². The highest BCUT2D eigenvalue weighted by molar-refractivity contribution is 6.07. The van der Waals surface area contributed by atoms with Crippen LogP contribution in [0.4, 0.5) is 0 Å². The monoisotopic (exact) mass is 231 g/mol. The van der Waals surface area contributed by atoms with Gasteiger partial charge in [-0.15, -0.1) is 0 Å². The number of benzene rings is 2. The van der Waals surface area contributed by atoms with Gasteiger partial charge in [-0.1, -0.05) is 18.2 Å². The smallest absolute Gasteiger partial charge is 0.116 e. The molecule has 0 radical (unpaired) electrons. The molecule has 3 heteroatoms. The Kier molecular flexibility index (Phi) is 1.83. The minimum atomic E-state index is 0.959. The predicted molar refractivity (Wildman–Crippen MR) is 72.3 cm³/mol. The molecule has 0 aliphatic carbocycles. The molecule has 18 heavy (non-hydrogen) atoms. The van der Waals surface area contributed by atoms with Gasteiger partial charge >= 0.3 is 0 Å². The Morgan fingerprint density at radius 1 is 0.833 bits per heavy atom. The van der Waals surface area contributed by atoms with Crippen LogP contribution in [-0.2, 0) is 0 Å². The molecule has 0 spiro atoms. The van der Waals surface area contributed by atoms with Crippen LogP contribution in [0.2, 0.25) is 0 Å². The summed E-state index contributed by atoms with van der Waals surface area (Å²) in [5.41, 5.74) is 2.94. The average Bonchev–Trinajstić information content (AvgIpc) is 2.45. The van der Waals surface area contributed by atoms with E-state index in [1.54, 1.807) is 6.33 Å². The molecule has 2 aromatic heterocycles. The topological polar surface area (TPSA) is 38.7 Å². The van der Waals surface area contributed by atoms with Crippen molar-refractivity contribution in [3.8, 4) is 0 Å². The third kappa shape index (κ3) is 1.27. The Bertz CT molecular complexity index is 878. The predicted octanol–water partition coefficient (Wildman–Crippen LogP) is 3.33. The molecule has 0 saturated heterocycles. The van der Waals surface area contributed by atoms with Crippen LogP contribution < -0.4 is 0 Å². The normalized spacial score (nSPS) is 11.3. The summed E-state index contributed by atoms with van der Waals surface area (Å²) in [6.07, 6.45) is 3.41. The minimum Gasteiger partial charge on any atom is -0.248 e. The molecule has 0 atom stereocenters. The highest BCUT2D eigenvalue weighted by Crippen LogP contribution is 2.25. The lowest BCUT2D eigenvalue weighted by Gasteiger charge is -2.04. The van der Waals surface area contributed by atoms with Crippen LogP contribution in [-0.4, -0.2) is 15.0 Å². The summed E-state index contributed by atoms with van der Waals surface area (Å²) in [7, 11) is 0. The second kappa shape index (κ2) is 3.47. The molecule has 0 bridgehead atoms. The van der Waals surface area contributed by atoms with E-state index in [0.29, 0.717) is 0 Å². The third-order valence-corrected chi connectivity index (χ3v) is 3.17. The lowest BCUT2D eigenvalue weighted by molar-refractivity contribution is 1.23. The molecule has 84 valence electrons. The summed E-state index contributed by atoms with van der Waals surface area (Å²) in [4.78, 5) is 13.1. The van der Waals surface area contributed by atoms with Crippen molar-refractivity contribution in [2.75, 3.05) is 0 Å². The molecule has 4 aromatic rings. The van der Waals surface area contributed by atoms with Gasteiger partial charge in [0, 0.05) is 22.4 Å². The maximum absolute atomic E-state index is 4.67. The van der Waals surface area contributed by atoms with Crippen molar-refractivity contribution in [1.29, 1.82) is 0 Å². The SMILES string of the molecule is c1ccc2nc3ccc4cncnc4c3cc2c1. The van der Waals surface area contributed by atoms with E-state index in [1.165, 1.54) is 0 Å². The number of rotatable bonds is 0. The Hall–Kier alpha value is -2.55. The fraction of sp³-hybridized carbons (Fsp3) is 0. The Balaban J connectivity index is 2.27. The molecule has 0 aliphatic heterocycles. The zero-order valence-corrected chi connectivity index (χ0v) is 9.54. The van der Waals surface area contributed by atoms with Crippen LogP contribution in [0.3, 0.4) is 0 Å². The van der Waals surface area contributed by atoms with Crippen molar-refractivity contribution in [1.82, 2.24) is 15.0 Å². The first-order valence-corrected chi connectivity index (χ1v) is 5.80. The van der Waals surface area contributed by atoms with Gasteiger partial charge in [0.1, 0.15) is 6.33 Å². The van der Waals surface area contributed by atoms with Crippen LogP contribution in [0.5, 0.6) is 0 Å². The molecular weight excluding hydrogens is 222 g/mol. The molecule has 0 amide bonds. The van der Waals surface area contributed by atoms with E-state index in [-0.39, 0.29) is 0 Å². The quantitative estimate of drug-likeness (QED) is 0.344. The van der Waals surface area contributed by atoms with Crippen LogP contribution in [0.15, 0.2) is 55.0 Å². The van der Waals surface area contributed by atoms with Gasteiger partial charge in [0.25, 0.3) is 0 Å². The van der Waals surface area contributed by atoms with Gasteiger partial charge in [0.05, 0.1) is 16.6 Å². The molecular formula is C15H9N3. The van der Waals surface area contributed by atoms with Gasteiger partial charge in [0.2, 0.25) is 0 Å². The fourth-order valence-corrected chi connectivity index (χ4v) is 2.30. The number of pyridine rings is 1. The first-order chi connectivity index (χ1) is 8.92. The molecule has 0 fully saturated rings. The van der Waals surface area contributed by atoms with Crippen molar-refractivity contribution >= 4 is 32.7 Å². The summed E-state index contributed by atoms with van der Waals surface area (Å²) in [6.45, 7) is 0. The number of para-hydroxylation sites is 1. The number of hydrogen-bond acceptors (Lipinski definition) is 3. The largest absolute Gasteiger partial charge is 0.248 e. The van der Waals surface area contributed by atoms with Crippen LogP contribution >= 0.6 is 0 Å². The lowest BCUT2D eigenvalue weighted by Crippen LogP contribution is -1.86. The highest BCUT2D eigenvalue weighted by atomic mass is 14.8. The summed E-state index contributed by atoms with van der Waals surface area (Å²) in [6, 6.07) is 14.3. The van der Waals surface area contributed by atoms with Gasteiger partial charge in [-0.05, 0) is 24.3 Å². The van der Waals surface area contributed by atoms with Crippen molar-refractivity contribution in [3.05, 3.63) is 55.0 Å². The third-order valence-electron chi connectivity index (χ3n) is 3.17. The first kappa shape index (κ1) is 9.48. The van der Waals surface area contributed by atoms with Gasteiger partial charge in [-0.25, -0.2) is 15.0 Å². The Morgan fingerprint density at radius 3 is 2.78 bits per heavy atom. The summed E-state index contributed by atoms with van der Waals surface area (Å²) >= 11 is 0. The minimum absolute atomic E-state index is 0.959. The van der Waals surface area contributed by atoms with Gasteiger partial charge in [0.15, 0.2) is 0 Å². The number of hydrogen-bond donors (Lipinski definition) is 0. The zero-order valence-electron chi connectivity index (χ0n) is 9.54. The summed E-state index contributed by atoms with van der Waals surface area (Å²) in [5, 5.41) is 3.26. The molecule has 2 heterocycles. The van der Waals surface area contributed by atoms with E-state index in [1.807, 2.05) is 36.5 Å². The van der Waals surface area contributed by atoms with Crippen LogP contribution in [0, 0.1) is 0 Å². The zero-order chi connectivity index (χ0) is 11.9. The second-order valence-electron chi connectivity index (χ2n) is 4.27. The van der Waals surface area contributed by atoms with E-state index < -0.39 is 0 Å². The van der Waals surface area contributed by atoms with Crippen LogP contribution in [0.1, 0.15) is 0 Å². The molecule has 0 saturated carbocycles. The maximum Gasteiger partial charge on any atom is 0.116 e. The Morgan fingerprint density at radius 2 is 1.78 bits per heavy atom. The number of aromatic nitrogens is 3. The molecule has 0 unspecified atom stereocenters. The van der Waals surface area contributed by atoms with Gasteiger partial charge < -0.3 is 0 Å².